The van der Waals surface area contributed by atoms with Gasteiger partial charge in [0.1, 0.15) is 0 Å². The van der Waals surface area contributed by atoms with E-state index in [2.05, 4.69) is 5.32 Å². The molecule has 15 heavy (non-hydrogen) atoms. The van der Waals surface area contributed by atoms with Crippen molar-refractivity contribution in [2.75, 3.05) is 25.2 Å². The van der Waals surface area contributed by atoms with Crippen molar-refractivity contribution in [3.05, 3.63) is 0 Å². The molecule has 0 bridgehead atoms. The average molecular weight is 232 g/mol. The molecule has 0 aromatic carbocycles. The van der Waals surface area contributed by atoms with Crippen molar-refractivity contribution < 1.29 is 9.53 Å². The third kappa shape index (κ3) is 4.86. The number of carbonyl (C=O) groups excluding carboxylic acids is 1. The Morgan fingerprint density at radius 3 is 2.87 bits per heavy atom. The van der Waals surface area contributed by atoms with Gasteiger partial charge in [0.15, 0.2) is 0 Å². The predicted molar refractivity (Wildman–Crippen MR) is 63.0 cm³/mol. The van der Waals surface area contributed by atoms with E-state index in [-0.39, 0.29) is 5.91 Å². The summed E-state index contributed by atoms with van der Waals surface area (Å²) in [4.78, 5) is 11.6. The van der Waals surface area contributed by atoms with Gasteiger partial charge in [-0.15, -0.1) is 0 Å². The molecule has 1 fully saturated rings. The van der Waals surface area contributed by atoms with Crippen molar-refractivity contribution in [2.24, 2.45) is 5.73 Å². The summed E-state index contributed by atoms with van der Waals surface area (Å²) in [5, 5.41) is 2.99. The van der Waals surface area contributed by atoms with Crippen molar-refractivity contribution in [1.82, 2.24) is 5.32 Å². The molecule has 0 radical (unpaired) electrons. The van der Waals surface area contributed by atoms with E-state index in [9.17, 15) is 4.79 Å². The Labute approximate surface area is 95.3 Å². The maximum atomic E-state index is 11.6. The van der Waals surface area contributed by atoms with Gasteiger partial charge in [-0.1, -0.05) is 0 Å². The lowest BCUT2D eigenvalue weighted by atomic mass is 10.1. The largest absolute Gasteiger partial charge is 0.385 e. The predicted octanol–water partition coefficient (Wildman–Crippen LogP) is 0.362. The number of hydrogen-bond acceptors (Lipinski definition) is 4. The van der Waals surface area contributed by atoms with Crippen molar-refractivity contribution in [2.45, 2.75) is 31.3 Å². The number of amides is 1. The van der Waals surface area contributed by atoms with Gasteiger partial charge in [0.25, 0.3) is 0 Å². The second kappa shape index (κ2) is 7.09. The lowest BCUT2D eigenvalue weighted by Crippen LogP contribution is -2.46. The minimum Gasteiger partial charge on any atom is -0.385 e. The Morgan fingerprint density at radius 2 is 2.27 bits per heavy atom. The van der Waals surface area contributed by atoms with Crippen LogP contribution >= 0.6 is 11.8 Å². The van der Waals surface area contributed by atoms with Crippen molar-refractivity contribution >= 4 is 17.7 Å². The van der Waals surface area contributed by atoms with E-state index < -0.39 is 6.04 Å². The van der Waals surface area contributed by atoms with Gasteiger partial charge in [-0.05, 0) is 30.8 Å². The number of ether oxygens (including phenoxy) is 1. The van der Waals surface area contributed by atoms with Crippen LogP contribution in [0.4, 0.5) is 0 Å². The molecule has 1 atom stereocenters. The van der Waals surface area contributed by atoms with Crippen LogP contribution in [0.25, 0.3) is 0 Å². The Kier molecular flexibility index (Phi) is 6.05. The summed E-state index contributed by atoms with van der Waals surface area (Å²) in [6, 6.07) is -0.105. The van der Waals surface area contributed by atoms with Crippen molar-refractivity contribution in [3.63, 3.8) is 0 Å². The molecule has 5 heteroatoms. The molecule has 1 aliphatic heterocycles. The van der Waals surface area contributed by atoms with Crippen LogP contribution in [0.3, 0.4) is 0 Å². The first-order valence-corrected chi connectivity index (χ1v) is 6.52. The van der Waals surface area contributed by atoms with E-state index in [4.69, 9.17) is 10.5 Å². The molecule has 1 saturated heterocycles. The summed E-state index contributed by atoms with van der Waals surface area (Å²) in [7, 11) is 1.61. The molecule has 1 amide bonds. The maximum absolute atomic E-state index is 11.6. The van der Waals surface area contributed by atoms with E-state index in [0.717, 1.165) is 24.3 Å². The molecular formula is C10H20N2O2S. The smallest absolute Gasteiger partial charge is 0.237 e. The molecule has 4 nitrogen and oxygen atoms in total. The van der Waals surface area contributed by atoms with E-state index in [1.165, 1.54) is 0 Å². The highest BCUT2D eigenvalue weighted by atomic mass is 32.2. The highest BCUT2D eigenvalue weighted by Gasteiger charge is 2.19. The fourth-order valence-electron chi connectivity index (χ4n) is 1.53. The van der Waals surface area contributed by atoms with Gasteiger partial charge >= 0.3 is 0 Å². The minimum absolute atomic E-state index is 0.0380. The zero-order chi connectivity index (χ0) is 11.1. The quantitative estimate of drug-likeness (QED) is 0.718. The second-order valence-corrected chi connectivity index (χ2v) is 5.01. The second-order valence-electron chi connectivity index (χ2n) is 3.78. The highest BCUT2D eigenvalue weighted by Crippen LogP contribution is 2.16. The number of nitrogens with one attached hydrogen (secondary N) is 1. The van der Waals surface area contributed by atoms with Gasteiger partial charge in [0.05, 0.1) is 6.04 Å². The average Bonchev–Trinajstić information content (AvgIpc) is 2.27. The SMILES string of the molecule is COCCC(N)C(=O)NC1CCSCC1. The first kappa shape index (κ1) is 12.8. The van der Waals surface area contributed by atoms with Crippen molar-refractivity contribution in [1.29, 1.82) is 0 Å². The van der Waals surface area contributed by atoms with Gasteiger partial charge in [0, 0.05) is 19.8 Å². The molecule has 0 aromatic heterocycles. The summed E-state index contributed by atoms with van der Waals surface area (Å²) < 4.78 is 4.89. The molecular weight excluding hydrogens is 212 g/mol. The Hall–Kier alpha value is -0.260. The Morgan fingerprint density at radius 1 is 1.60 bits per heavy atom. The van der Waals surface area contributed by atoms with Crippen LogP contribution in [-0.4, -0.2) is 43.2 Å². The molecule has 1 heterocycles. The summed E-state index contributed by atoms with van der Waals surface area (Å²) in [6.45, 7) is 0.537. The molecule has 0 spiro atoms. The normalized spacial score (nSPS) is 19.9. The topological polar surface area (TPSA) is 64.3 Å². The summed E-state index contributed by atoms with van der Waals surface area (Å²) in [6.07, 6.45) is 2.71. The zero-order valence-corrected chi connectivity index (χ0v) is 10.0. The van der Waals surface area contributed by atoms with Gasteiger partial charge < -0.3 is 15.8 Å². The van der Waals surface area contributed by atoms with Crippen LogP contribution in [0.5, 0.6) is 0 Å². The molecule has 1 unspecified atom stereocenters. The summed E-state index contributed by atoms with van der Waals surface area (Å²) >= 11 is 1.95. The zero-order valence-electron chi connectivity index (χ0n) is 9.20. The molecule has 1 rings (SSSR count). The lowest BCUT2D eigenvalue weighted by Gasteiger charge is -2.24. The van der Waals surface area contributed by atoms with Gasteiger partial charge in [-0.25, -0.2) is 0 Å². The van der Waals surface area contributed by atoms with Crippen LogP contribution in [0.1, 0.15) is 19.3 Å². The third-order valence-electron chi connectivity index (χ3n) is 2.54. The van der Waals surface area contributed by atoms with Gasteiger partial charge in [-0.2, -0.15) is 11.8 Å². The summed E-state index contributed by atoms with van der Waals surface area (Å²) in [5.41, 5.74) is 5.72. The van der Waals surface area contributed by atoms with E-state index in [1.54, 1.807) is 7.11 Å². The number of thioether (sulfide) groups is 1. The van der Waals surface area contributed by atoms with Crippen LogP contribution < -0.4 is 11.1 Å². The van der Waals surface area contributed by atoms with E-state index in [1.807, 2.05) is 11.8 Å². The van der Waals surface area contributed by atoms with Crippen LogP contribution in [-0.2, 0) is 9.53 Å². The lowest BCUT2D eigenvalue weighted by molar-refractivity contribution is -0.123. The molecule has 1 aliphatic rings. The first-order chi connectivity index (χ1) is 7.24. The molecule has 0 saturated carbocycles. The van der Waals surface area contributed by atoms with E-state index in [0.29, 0.717) is 19.1 Å². The fraction of sp³-hybridized carbons (Fsp3) is 0.900. The molecule has 88 valence electrons. The molecule has 0 aromatic rings. The van der Waals surface area contributed by atoms with Crippen LogP contribution in [0.15, 0.2) is 0 Å². The summed E-state index contributed by atoms with van der Waals surface area (Å²) in [5.74, 6) is 2.24. The van der Waals surface area contributed by atoms with E-state index >= 15 is 0 Å². The number of nitrogens with two attached hydrogens (primary N) is 1. The van der Waals surface area contributed by atoms with Crippen molar-refractivity contribution in [3.8, 4) is 0 Å². The first-order valence-electron chi connectivity index (χ1n) is 5.36. The third-order valence-corrected chi connectivity index (χ3v) is 3.59. The molecule has 0 aliphatic carbocycles. The number of rotatable bonds is 5. The van der Waals surface area contributed by atoms with Crippen LogP contribution in [0, 0.1) is 0 Å². The molecule has 3 N–H and O–H groups in total. The van der Waals surface area contributed by atoms with Crippen LogP contribution in [0.2, 0.25) is 0 Å². The number of methoxy groups -OCH3 is 1. The number of hydrogen-bond donors (Lipinski definition) is 2. The Bertz CT molecular complexity index is 196. The van der Waals surface area contributed by atoms with Gasteiger partial charge in [-0.3, -0.25) is 4.79 Å². The fourth-order valence-corrected chi connectivity index (χ4v) is 2.63. The monoisotopic (exact) mass is 232 g/mol. The standard InChI is InChI=1S/C10H20N2O2S/c1-14-5-2-9(11)10(13)12-8-3-6-15-7-4-8/h8-9H,2-7,11H2,1H3,(H,12,13). The highest BCUT2D eigenvalue weighted by molar-refractivity contribution is 7.99. The van der Waals surface area contributed by atoms with Gasteiger partial charge in [0.2, 0.25) is 5.91 Å². The minimum atomic E-state index is -0.431. The Balaban J connectivity index is 2.20. The maximum Gasteiger partial charge on any atom is 0.237 e. The number of carbonyl (C=O) groups is 1.